The van der Waals surface area contributed by atoms with E-state index >= 15 is 0 Å². The summed E-state index contributed by atoms with van der Waals surface area (Å²) in [7, 11) is 0. The average Bonchev–Trinajstić information content (AvgIpc) is 2.86. The molecule has 1 aliphatic rings. The van der Waals surface area contributed by atoms with Gasteiger partial charge in [0.1, 0.15) is 29.5 Å². The summed E-state index contributed by atoms with van der Waals surface area (Å²) in [5, 5.41) is 3.97. The van der Waals surface area contributed by atoms with E-state index in [9.17, 15) is 4.79 Å². The van der Waals surface area contributed by atoms with Gasteiger partial charge in [0.25, 0.3) is 0 Å². The molecule has 0 amide bonds. The third kappa shape index (κ3) is 2.42. The van der Waals surface area contributed by atoms with Crippen LogP contribution in [-0.2, 0) is 0 Å². The first-order valence-electron chi connectivity index (χ1n) is 6.58. The fourth-order valence-electron chi connectivity index (χ4n) is 2.26. The highest BCUT2D eigenvalue weighted by Crippen LogP contribution is 2.23. The number of aromatic nitrogens is 3. The number of nitrogens with zero attached hydrogens (tertiary/aromatic N) is 4. The molecule has 0 aromatic carbocycles. The van der Waals surface area contributed by atoms with Gasteiger partial charge in [-0.2, -0.15) is 0 Å². The Balaban J connectivity index is 2.13. The number of hydrogen-bond acceptors (Lipinski definition) is 5. The fourth-order valence-corrected chi connectivity index (χ4v) is 2.42. The van der Waals surface area contributed by atoms with Crippen LogP contribution in [0.2, 0.25) is 0 Å². The molecule has 1 N–H and O–H groups in total. The normalized spacial score (nSPS) is 14.9. The van der Waals surface area contributed by atoms with E-state index in [1.807, 2.05) is 18.4 Å². The molecule has 1 aliphatic heterocycles. The summed E-state index contributed by atoms with van der Waals surface area (Å²) in [5.41, 5.74) is 1.62. The first-order chi connectivity index (χ1) is 10.1. The van der Waals surface area contributed by atoms with Gasteiger partial charge in [0.2, 0.25) is 5.78 Å². The lowest BCUT2D eigenvalue weighted by Crippen LogP contribution is -2.22. The lowest BCUT2D eigenvalue weighted by Gasteiger charge is -2.09. The van der Waals surface area contributed by atoms with Crippen LogP contribution < -0.4 is 5.32 Å². The van der Waals surface area contributed by atoms with Gasteiger partial charge in [0.15, 0.2) is 0 Å². The van der Waals surface area contributed by atoms with E-state index in [2.05, 4.69) is 20.3 Å². The van der Waals surface area contributed by atoms with E-state index in [0.717, 1.165) is 11.0 Å². The molecular formula is C14H14ClN5O. The maximum Gasteiger partial charge on any atom is 0.213 e. The number of Topliss-reactive ketones (excluding diaryl/α,β-unsaturated/α-hetero) is 1. The van der Waals surface area contributed by atoms with Crippen LogP contribution >= 0.6 is 11.6 Å². The molecule has 0 atom stereocenters. The quantitative estimate of drug-likeness (QED) is 0.697. The molecule has 0 saturated heterocycles. The van der Waals surface area contributed by atoms with Crippen molar-refractivity contribution in [3.05, 3.63) is 35.5 Å². The molecule has 0 unspecified atom stereocenters. The van der Waals surface area contributed by atoms with Crippen LogP contribution in [0.15, 0.2) is 34.9 Å². The van der Waals surface area contributed by atoms with Crippen LogP contribution in [0.25, 0.3) is 11.0 Å². The largest absolute Gasteiger partial charge is 0.357 e. The minimum atomic E-state index is -0.172. The minimum absolute atomic E-state index is 0.172. The molecule has 0 saturated carbocycles. The molecule has 108 valence electrons. The van der Waals surface area contributed by atoms with Crippen LogP contribution in [0.4, 0.5) is 0 Å². The van der Waals surface area contributed by atoms with Gasteiger partial charge in [-0.1, -0.05) is 11.6 Å². The number of rotatable bonds is 3. The van der Waals surface area contributed by atoms with Crippen molar-refractivity contribution in [2.45, 2.75) is 19.9 Å². The average molecular weight is 304 g/mol. The Kier molecular flexibility index (Phi) is 3.47. The van der Waals surface area contributed by atoms with E-state index in [-0.39, 0.29) is 11.8 Å². The van der Waals surface area contributed by atoms with Gasteiger partial charge in [-0.15, -0.1) is 0 Å². The molecule has 3 rings (SSSR count). The number of hydrogen-bond donors (Lipinski definition) is 1. The fraction of sp³-hybridized carbons (Fsp3) is 0.286. The van der Waals surface area contributed by atoms with Crippen molar-refractivity contribution in [1.82, 2.24) is 19.9 Å². The van der Waals surface area contributed by atoms with Crippen LogP contribution in [0.1, 0.15) is 30.2 Å². The Morgan fingerprint density at radius 3 is 3.00 bits per heavy atom. The molecule has 2 aromatic rings. The zero-order valence-electron chi connectivity index (χ0n) is 11.7. The zero-order valence-corrected chi connectivity index (χ0v) is 12.4. The second-order valence-electron chi connectivity index (χ2n) is 5.00. The molecule has 6 nitrogen and oxygen atoms in total. The topological polar surface area (TPSA) is 72.2 Å². The van der Waals surface area contributed by atoms with E-state index in [4.69, 9.17) is 11.6 Å². The van der Waals surface area contributed by atoms with Crippen molar-refractivity contribution in [2.24, 2.45) is 4.99 Å². The van der Waals surface area contributed by atoms with Crippen molar-refractivity contribution < 1.29 is 4.79 Å². The second-order valence-corrected chi connectivity index (χ2v) is 5.41. The van der Waals surface area contributed by atoms with E-state index in [1.165, 1.54) is 12.4 Å². The number of carbonyl (C=O) groups is 1. The first kappa shape index (κ1) is 13.8. The third-order valence-electron chi connectivity index (χ3n) is 3.29. The summed E-state index contributed by atoms with van der Waals surface area (Å²) in [4.78, 5) is 25.1. The first-order valence-corrected chi connectivity index (χ1v) is 6.96. The molecule has 3 heterocycles. The van der Waals surface area contributed by atoms with Crippen molar-refractivity contribution in [3.8, 4) is 0 Å². The Bertz CT molecular complexity index is 775. The molecule has 0 fully saturated rings. The Hall–Kier alpha value is -2.21. The van der Waals surface area contributed by atoms with Crippen LogP contribution in [0.5, 0.6) is 0 Å². The molecule has 0 aliphatic carbocycles. The summed E-state index contributed by atoms with van der Waals surface area (Å²) >= 11 is 5.90. The van der Waals surface area contributed by atoms with Gasteiger partial charge >= 0.3 is 0 Å². The standard InChI is InChI=1S/C14H14ClN5O/c1-8(2)20-5-10(9-4-16-6-19-14(9)20)13(21)11-3-12(15)18-7-17-11/h3-6,8,18H,7H2,1-2H3. The number of ketones is 1. The van der Waals surface area contributed by atoms with Crippen molar-refractivity contribution in [1.29, 1.82) is 0 Å². The lowest BCUT2D eigenvalue weighted by molar-refractivity contribution is 0.106. The molecule has 2 aromatic heterocycles. The smallest absolute Gasteiger partial charge is 0.213 e. The van der Waals surface area contributed by atoms with Crippen LogP contribution in [0, 0.1) is 0 Å². The molecule has 0 radical (unpaired) electrons. The number of halogens is 1. The van der Waals surface area contributed by atoms with Crippen molar-refractivity contribution in [3.63, 3.8) is 0 Å². The van der Waals surface area contributed by atoms with Gasteiger partial charge in [-0.25, -0.2) is 9.97 Å². The SMILES string of the molecule is CC(C)n1cc(C(=O)C2=NCNC(Cl)=C2)c2cncnc21. The monoisotopic (exact) mass is 303 g/mol. The summed E-state index contributed by atoms with van der Waals surface area (Å²) in [6, 6.07) is 0.193. The summed E-state index contributed by atoms with van der Waals surface area (Å²) in [6.45, 7) is 4.37. The summed E-state index contributed by atoms with van der Waals surface area (Å²) < 4.78 is 1.96. The van der Waals surface area contributed by atoms with Gasteiger partial charge in [0, 0.05) is 29.9 Å². The van der Waals surface area contributed by atoms with Gasteiger partial charge in [0.05, 0.1) is 5.56 Å². The second kappa shape index (κ2) is 5.29. The minimum Gasteiger partial charge on any atom is -0.357 e. The number of nitrogens with one attached hydrogen (secondary N) is 1. The predicted octanol–water partition coefficient (Wildman–Crippen LogP) is 2.28. The lowest BCUT2D eigenvalue weighted by atomic mass is 10.1. The van der Waals surface area contributed by atoms with Crippen molar-refractivity contribution in [2.75, 3.05) is 6.67 Å². The van der Waals surface area contributed by atoms with E-state index in [1.54, 1.807) is 12.4 Å². The number of aliphatic imine (C=N–C) groups is 1. The highest BCUT2D eigenvalue weighted by atomic mass is 35.5. The van der Waals surface area contributed by atoms with Gasteiger partial charge in [-0.3, -0.25) is 9.79 Å². The van der Waals surface area contributed by atoms with Crippen LogP contribution in [0.3, 0.4) is 0 Å². The van der Waals surface area contributed by atoms with E-state index < -0.39 is 0 Å². The number of fused-ring (bicyclic) bond motifs is 1. The third-order valence-corrected chi connectivity index (χ3v) is 3.53. The number of allylic oxidation sites excluding steroid dienone is 1. The maximum atomic E-state index is 12.7. The van der Waals surface area contributed by atoms with E-state index in [0.29, 0.717) is 23.1 Å². The Labute approximate surface area is 126 Å². The molecule has 21 heavy (non-hydrogen) atoms. The number of carbonyl (C=O) groups excluding carboxylic acids is 1. The predicted molar refractivity (Wildman–Crippen MR) is 81.6 cm³/mol. The molecular weight excluding hydrogens is 290 g/mol. The van der Waals surface area contributed by atoms with Crippen molar-refractivity contribution >= 4 is 34.1 Å². The highest BCUT2D eigenvalue weighted by molar-refractivity contribution is 6.52. The highest BCUT2D eigenvalue weighted by Gasteiger charge is 2.21. The van der Waals surface area contributed by atoms with Gasteiger partial charge < -0.3 is 9.88 Å². The van der Waals surface area contributed by atoms with Gasteiger partial charge in [-0.05, 0) is 13.8 Å². The maximum absolute atomic E-state index is 12.7. The van der Waals surface area contributed by atoms with Crippen LogP contribution in [-0.4, -0.2) is 32.7 Å². The summed E-state index contributed by atoms with van der Waals surface area (Å²) in [6.07, 6.45) is 6.48. The molecule has 0 bridgehead atoms. The molecule has 7 heteroatoms. The Morgan fingerprint density at radius 1 is 1.48 bits per heavy atom. The zero-order chi connectivity index (χ0) is 15.0. The summed E-state index contributed by atoms with van der Waals surface area (Å²) in [5.74, 6) is -0.172. The molecule has 0 spiro atoms. The Morgan fingerprint density at radius 2 is 2.29 bits per heavy atom.